The molecule has 0 atom stereocenters. The molecule has 1 aromatic heterocycles. The van der Waals surface area contributed by atoms with Crippen LogP contribution in [0.25, 0.3) is 10.9 Å². The van der Waals surface area contributed by atoms with E-state index >= 15 is 0 Å². The van der Waals surface area contributed by atoms with Crippen LogP contribution >= 0.6 is 11.6 Å². The van der Waals surface area contributed by atoms with Crippen molar-refractivity contribution in [1.29, 1.82) is 0 Å². The summed E-state index contributed by atoms with van der Waals surface area (Å²) in [5, 5.41) is 0.821. The number of anilines is 1. The number of benzene rings is 1. The number of hydrogen-bond acceptors (Lipinski definition) is 5. The Bertz CT molecular complexity index is 907. The average Bonchev–Trinajstić information content (AvgIpc) is 3.56. The van der Waals surface area contributed by atoms with Crippen LogP contribution in [0.5, 0.6) is 0 Å². The number of piperidine rings is 1. The molecular formula is C23H33ClF3N5O. The molecule has 3 heterocycles. The molecule has 10 heteroatoms. The van der Waals surface area contributed by atoms with Crippen LogP contribution in [0.1, 0.15) is 37.8 Å². The minimum Gasteiger partial charge on any atom is -0.398 e. The van der Waals surface area contributed by atoms with Crippen molar-refractivity contribution in [1.82, 2.24) is 14.8 Å². The predicted molar refractivity (Wildman–Crippen MR) is 127 cm³/mol. The highest BCUT2D eigenvalue weighted by Gasteiger charge is 2.51. The van der Waals surface area contributed by atoms with Crippen LogP contribution in [0.3, 0.4) is 0 Å². The van der Waals surface area contributed by atoms with Gasteiger partial charge in [-0.2, -0.15) is 13.2 Å². The zero-order valence-electron chi connectivity index (χ0n) is 19.2. The molecular weight excluding hydrogens is 455 g/mol. The number of amides is 1. The van der Waals surface area contributed by atoms with Gasteiger partial charge in [-0.05, 0) is 77.1 Å². The molecule has 6 nitrogen and oxygen atoms in total. The summed E-state index contributed by atoms with van der Waals surface area (Å²) in [4.78, 5) is 17.7. The highest BCUT2D eigenvalue weighted by molar-refractivity contribution is 6.31. The Hall–Kier alpha value is -2.10. The number of alkyl halides is 3. The fourth-order valence-electron chi connectivity index (χ4n) is 3.80. The Balaban J connectivity index is 0.000000188. The average molecular weight is 488 g/mol. The number of rotatable bonds is 1. The van der Waals surface area contributed by atoms with Gasteiger partial charge in [0.1, 0.15) is 5.69 Å². The minimum atomic E-state index is -4.50. The largest absolute Gasteiger partial charge is 0.433 e. The Labute approximate surface area is 198 Å². The van der Waals surface area contributed by atoms with Crippen LogP contribution in [0.15, 0.2) is 24.3 Å². The number of pyridine rings is 1. The molecule has 1 aromatic carbocycles. The number of nitrogen functional groups attached to an aromatic ring is 1. The molecule has 2 aliphatic heterocycles. The number of likely N-dealkylation sites (tertiary alicyclic amines) is 2. The van der Waals surface area contributed by atoms with Crippen LogP contribution in [0.2, 0.25) is 5.02 Å². The summed E-state index contributed by atoms with van der Waals surface area (Å²) < 4.78 is 37.3. The molecule has 0 unspecified atom stereocenters. The first-order valence-electron chi connectivity index (χ1n) is 11.0. The van der Waals surface area contributed by atoms with E-state index < -0.39 is 11.9 Å². The van der Waals surface area contributed by atoms with Crippen molar-refractivity contribution in [2.75, 3.05) is 46.0 Å². The summed E-state index contributed by atoms with van der Waals surface area (Å²) in [6.07, 6.45) is 3.44. The summed E-state index contributed by atoms with van der Waals surface area (Å²) >= 11 is 5.71. The fraction of sp³-hybridized carbons (Fsp3) is 0.565. The highest BCUT2D eigenvalue weighted by Crippen LogP contribution is 2.52. The van der Waals surface area contributed by atoms with Gasteiger partial charge < -0.3 is 21.3 Å². The first kappa shape index (κ1) is 27.1. The molecule has 5 rings (SSSR count). The first-order chi connectivity index (χ1) is 15.6. The maximum Gasteiger partial charge on any atom is 0.433 e. The number of nitrogens with two attached hydrogens (primary N) is 2. The molecule has 3 aliphatic rings. The number of carbonyl (C=O) groups excluding carboxylic acids is 1. The van der Waals surface area contributed by atoms with Crippen molar-refractivity contribution < 1.29 is 18.0 Å². The molecule has 2 saturated heterocycles. The van der Waals surface area contributed by atoms with Gasteiger partial charge in [-0.15, -0.1) is 0 Å². The number of carbonyl (C=O) groups is 1. The Morgan fingerprint density at radius 3 is 2.15 bits per heavy atom. The maximum atomic E-state index is 12.4. The van der Waals surface area contributed by atoms with Crippen LogP contribution < -0.4 is 11.5 Å². The summed E-state index contributed by atoms with van der Waals surface area (Å²) in [5.74, 6) is 0. The van der Waals surface area contributed by atoms with Crippen LogP contribution in [-0.4, -0.2) is 61.5 Å². The first-order valence-corrected chi connectivity index (χ1v) is 11.4. The van der Waals surface area contributed by atoms with Gasteiger partial charge in [-0.3, -0.25) is 4.79 Å². The van der Waals surface area contributed by atoms with E-state index in [1.165, 1.54) is 70.4 Å². The summed E-state index contributed by atoms with van der Waals surface area (Å²) in [6.45, 7) is 4.72. The van der Waals surface area contributed by atoms with Crippen LogP contribution in [0, 0.1) is 5.41 Å². The highest BCUT2D eigenvalue weighted by atomic mass is 35.5. The van der Waals surface area contributed by atoms with Gasteiger partial charge in [0.15, 0.2) is 0 Å². The normalized spacial score (nSPS) is 18.6. The summed E-state index contributed by atoms with van der Waals surface area (Å²) in [5.41, 5.74) is 9.85. The molecule has 33 heavy (non-hydrogen) atoms. The lowest BCUT2D eigenvalue weighted by Gasteiger charge is -2.36. The Morgan fingerprint density at radius 2 is 1.70 bits per heavy atom. The standard InChI is InChI=1S/C10H6ClF3N2.C6H9NO.C6H13N.CH5N/c11-5-1-2-8-6(3-5)7(15)4-9(16-8)10(12,13)14;8-5-7-3-6(4-7)1-2-6;1-7-5-3-2-4-6-7;1-2/h1-4H,(H2,15,16);5H,1-4H2;2-6H2,1H3;2H2,1H3. The second-order valence-electron chi connectivity index (χ2n) is 8.63. The minimum absolute atomic E-state index is 0.0137. The quantitative estimate of drug-likeness (QED) is 0.582. The van der Waals surface area contributed by atoms with Gasteiger partial charge in [-0.25, -0.2) is 4.98 Å². The molecule has 184 valence electrons. The molecule has 1 saturated carbocycles. The third-order valence-electron chi connectivity index (χ3n) is 5.86. The van der Waals surface area contributed by atoms with Crippen molar-refractivity contribution in [3.63, 3.8) is 0 Å². The second kappa shape index (κ2) is 11.9. The Kier molecular flexibility index (Phi) is 9.75. The molecule has 3 fully saturated rings. The fourth-order valence-corrected chi connectivity index (χ4v) is 3.98. The SMILES string of the molecule is CN.CN1CCCCC1.Nc1cc(C(F)(F)F)nc2ccc(Cl)cc12.O=CN1CC2(CC2)C1. The molecule has 1 amide bonds. The van der Waals surface area contributed by atoms with E-state index in [2.05, 4.69) is 22.7 Å². The lowest BCUT2D eigenvalue weighted by molar-refractivity contribution is -0.140. The predicted octanol–water partition coefficient (Wildman–Crippen LogP) is 4.40. The number of aromatic nitrogens is 1. The molecule has 0 radical (unpaired) electrons. The van der Waals surface area contributed by atoms with Crippen molar-refractivity contribution >= 4 is 34.6 Å². The molecule has 0 bridgehead atoms. The van der Waals surface area contributed by atoms with E-state index in [0.29, 0.717) is 15.8 Å². The van der Waals surface area contributed by atoms with E-state index in [9.17, 15) is 18.0 Å². The molecule has 1 spiro atoms. The van der Waals surface area contributed by atoms with E-state index in [0.717, 1.165) is 25.6 Å². The van der Waals surface area contributed by atoms with E-state index in [-0.39, 0.29) is 11.2 Å². The van der Waals surface area contributed by atoms with Gasteiger partial charge in [0.25, 0.3) is 0 Å². The van der Waals surface area contributed by atoms with E-state index in [4.69, 9.17) is 17.3 Å². The van der Waals surface area contributed by atoms with Crippen molar-refractivity contribution in [2.45, 2.75) is 38.3 Å². The number of halogens is 4. The second-order valence-corrected chi connectivity index (χ2v) is 9.07. The topological polar surface area (TPSA) is 88.5 Å². The van der Waals surface area contributed by atoms with Crippen molar-refractivity contribution in [2.24, 2.45) is 11.1 Å². The third-order valence-corrected chi connectivity index (χ3v) is 6.09. The molecule has 2 aromatic rings. The van der Waals surface area contributed by atoms with E-state index in [1.54, 1.807) is 0 Å². The number of hydrogen-bond donors (Lipinski definition) is 2. The van der Waals surface area contributed by atoms with E-state index in [1.807, 2.05) is 4.90 Å². The molecule has 4 N–H and O–H groups in total. The van der Waals surface area contributed by atoms with Gasteiger partial charge in [0, 0.05) is 34.6 Å². The lowest BCUT2D eigenvalue weighted by atomic mass is 9.98. The zero-order chi connectivity index (χ0) is 24.6. The van der Waals surface area contributed by atoms with Gasteiger partial charge >= 0.3 is 6.18 Å². The third kappa shape index (κ3) is 8.01. The molecule has 1 aliphatic carbocycles. The zero-order valence-corrected chi connectivity index (χ0v) is 19.9. The van der Waals surface area contributed by atoms with Crippen molar-refractivity contribution in [3.05, 3.63) is 35.0 Å². The summed E-state index contributed by atoms with van der Waals surface area (Å²) in [7, 11) is 3.69. The lowest BCUT2D eigenvalue weighted by Crippen LogP contribution is -2.47. The van der Waals surface area contributed by atoms with Crippen LogP contribution in [-0.2, 0) is 11.0 Å². The number of fused-ring (bicyclic) bond motifs is 1. The van der Waals surface area contributed by atoms with Gasteiger partial charge in [0.2, 0.25) is 6.41 Å². The Morgan fingerprint density at radius 1 is 1.09 bits per heavy atom. The number of nitrogens with zero attached hydrogens (tertiary/aromatic N) is 3. The van der Waals surface area contributed by atoms with Gasteiger partial charge in [-0.1, -0.05) is 18.0 Å². The van der Waals surface area contributed by atoms with Crippen molar-refractivity contribution in [3.8, 4) is 0 Å². The smallest absolute Gasteiger partial charge is 0.398 e. The maximum absolute atomic E-state index is 12.4. The van der Waals surface area contributed by atoms with Crippen LogP contribution in [0.4, 0.5) is 18.9 Å². The monoisotopic (exact) mass is 487 g/mol. The van der Waals surface area contributed by atoms with Gasteiger partial charge in [0.05, 0.1) is 5.52 Å². The summed E-state index contributed by atoms with van der Waals surface area (Å²) in [6, 6.07) is 5.16.